The van der Waals surface area contributed by atoms with Crippen molar-refractivity contribution in [1.82, 2.24) is 5.32 Å². The van der Waals surface area contributed by atoms with E-state index in [4.69, 9.17) is 0 Å². The van der Waals surface area contributed by atoms with E-state index < -0.39 is 0 Å². The number of fused-ring (bicyclic) bond motifs is 1. The van der Waals surface area contributed by atoms with Crippen LogP contribution in [0.25, 0.3) is 0 Å². The summed E-state index contributed by atoms with van der Waals surface area (Å²) >= 11 is 0. The van der Waals surface area contributed by atoms with Gasteiger partial charge in [0.1, 0.15) is 5.75 Å². The lowest BCUT2D eigenvalue weighted by atomic mass is 9.85. The van der Waals surface area contributed by atoms with Gasteiger partial charge in [-0.3, -0.25) is 0 Å². The Labute approximate surface area is 127 Å². The second-order valence-corrected chi connectivity index (χ2v) is 4.78. The van der Waals surface area contributed by atoms with E-state index >= 15 is 0 Å². The lowest BCUT2D eigenvalue weighted by molar-refractivity contribution is 0.402. The summed E-state index contributed by atoms with van der Waals surface area (Å²) in [6.07, 6.45) is 0. The average molecular weight is 338 g/mol. The first kappa shape index (κ1) is 14.7. The molecule has 0 saturated carbocycles. The van der Waals surface area contributed by atoms with E-state index in [0.717, 1.165) is 23.2 Å². The second kappa shape index (κ2) is 5.73. The quantitative estimate of drug-likeness (QED) is 0.603. The summed E-state index contributed by atoms with van der Waals surface area (Å²) in [4.78, 5) is 0. The van der Waals surface area contributed by atoms with E-state index in [1.165, 1.54) is 6.07 Å². The van der Waals surface area contributed by atoms with Crippen molar-refractivity contribution >= 4 is 17.0 Å². The Balaban J connectivity index is 0.00000147. The molecule has 0 aromatic heterocycles. The van der Waals surface area contributed by atoms with Crippen LogP contribution in [0.3, 0.4) is 0 Å². The van der Waals surface area contributed by atoms with E-state index in [0.29, 0.717) is 6.54 Å². The minimum atomic E-state index is -0.122. The highest BCUT2D eigenvalue weighted by atomic mass is 79.9. The minimum absolute atomic E-state index is 0. The second-order valence-electron chi connectivity index (χ2n) is 4.78. The van der Waals surface area contributed by atoms with Crippen molar-refractivity contribution in [3.05, 3.63) is 53.1 Å². The Morgan fingerprint density at radius 2 is 1.75 bits per heavy atom. The van der Waals surface area contributed by atoms with Gasteiger partial charge in [0.25, 0.3) is 0 Å². The third-order valence-electron chi connectivity index (χ3n) is 3.62. The molecular formula is C15H16BrNO3. The van der Waals surface area contributed by atoms with Crippen molar-refractivity contribution < 1.29 is 15.3 Å². The number of rotatable bonds is 1. The topological polar surface area (TPSA) is 72.7 Å². The fraction of sp³-hybridized carbons (Fsp3) is 0.200. The molecule has 3 rings (SSSR count). The molecule has 0 radical (unpaired) electrons. The molecule has 0 saturated heterocycles. The van der Waals surface area contributed by atoms with Gasteiger partial charge in [-0.05, 0) is 29.3 Å². The zero-order valence-corrected chi connectivity index (χ0v) is 12.4. The number of hydrogen-bond donors (Lipinski definition) is 4. The van der Waals surface area contributed by atoms with Gasteiger partial charge in [-0.1, -0.05) is 18.2 Å². The first-order chi connectivity index (χ1) is 9.16. The summed E-state index contributed by atoms with van der Waals surface area (Å²) in [5, 5.41) is 32.1. The van der Waals surface area contributed by atoms with Crippen LogP contribution in [0.4, 0.5) is 0 Å². The highest BCUT2D eigenvalue weighted by molar-refractivity contribution is 8.93. The monoisotopic (exact) mass is 337 g/mol. The summed E-state index contributed by atoms with van der Waals surface area (Å²) in [6.45, 7) is 1.38. The summed E-state index contributed by atoms with van der Waals surface area (Å²) < 4.78 is 0. The molecule has 4 N–H and O–H groups in total. The van der Waals surface area contributed by atoms with Gasteiger partial charge in [-0.2, -0.15) is 0 Å². The number of hydrogen-bond acceptors (Lipinski definition) is 4. The van der Waals surface area contributed by atoms with Gasteiger partial charge in [-0.25, -0.2) is 0 Å². The van der Waals surface area contributed by atoms with Crippen molar-refractivity contribution in [3.8, 4) is 17.2 Å². The Morgan fingerprint density at radius 1 is 0.950 bits per heavy atom. The molecule has 20 heavy (non-hydrogen) atoms. The Bertz CT molecular complexity index is 631. The molecule has 1 heterocycles. The Morgan fingerprint density at radius 3 is 2.50 bits per heavy atom. The third-order valence-corrected chi connectivity index (χ3v) is 3.62. The normalized spacial score (nSPS) is 17.1. The molecule has 5 heteroatoms. The fourth-order valence-corrected chi connectivity index (χ4v) is 2.62. The zero-order chi connectivity index (χ0) is 13.4. The Kier molecular flexibility index (Phi) is 4.20. The van der Waals surface area contributed by atoms with Gasteiger partial charge in [0.15, 0.2) is 11.5 Å². The maximum atomic E-state index is 9.89. The first-order valence-corrected chi connectivity index (χ1v) is 6.20. The summed E-state index contributed by atoms with van der Waals surface area (Å²) in [5.41, 5.74) is 2.87. The molecule has 4 nitrogen and oxygen atoms in total. The van der Waals surface area contributed by atoms with E-state index in [1.807, 2.05) is 12.1 Å². The maximum absolute atomic E-state index is 9.89. The van der Waals surface area contributed by atoms with Gasteiger partial charge in [0.2, 0.25) is 0 Å². The third kappa shape index (κ3) is 2.46. The van der Waals surface area contributed by atoms with Crippen LogP contribution in [-0.4, -0.2) is 21.9 Å². The van der Waals surface area contributed by atoms with Crippen molar-refractivity contribution in [2.24, 2.45) is 0 Å². The van der Waals surface area contributed by atoms with Gasteiger partial charge in [-0.15, -0.1) is 17.0 Å². The van der Waals surface area contributed by atoms with Crippen molar-refractivity contribution in [1.29, 1.82) is 0 Å². The molecule has 0 bridgehead atoms. The SMILES string of the molecule is Br.Oc1ccc(C2CNCc3c(O)cccc32)cc1O. The van der Waals surface area contributed by atoms with Crippen LogP contribution >= 0.6 is 17.0 Å². The Hall–Kier alpha value is -1.72. The molecule has 1 atom stereocenters. The number of phenolic OH excluding ortho intramolecular Hbond substituents is 3. The van der Waals surface area contributed by atoms with Gasteiger partial charge in [0.05, 0.1) is 0 Å². The van der Waals surface area contributed by atoms with Crippen LogP contribution in [-0.2, 0) is 6.54 Å². The van der Waals surface area contributed by atoms with Crippen LogP contribution in [0.1, 0.15) is 22.6 Å². The van der Waals surface area contributed by atoms with Gasteiger partial charge < -0.3 is 20.6 Å². The molecule has 0 fully saturated rings. The minimum Gasteiger partial charge on any atom is -0.508 e. The van der Waals surface area contributed by atoms with E-state index in [9.17, 15) is 15.3 Å². The molecule has 106 valence electrons. The van der Waals surface area contributed by atoms with Gasteiger partial charge >= 0.3 is 0 Å². The summed E-state index contributed by atoms with van der Waals surface area (Å²) in [5.74, 6) is 0.105. The van der Waals surface area contributed by atoms with Crippen LogP contribution in [0.2, 0.25) is 0 Å². The number of aromatic hydroxyl groups is 3. The highest BCUT2D eigenvalue weighted by Gasteiger charge is 2.23. The molecule has 1 aliphatic heterocycles. The molecule has 0 amide bonds. The smallest absolute Gasteiger partial charge is 0.157 e. The molecule has 1 unspecified atom stereocenters. The van der Waals surface area contributed by atoms with Crippen LogP contribution < -0.4 is 5.32 Å². The van der Waals surface area contributed by atoms with Crippen LogP contribution in [0, 0.1) is 0 Å². The van der Waals surface area contributed by atoms with Crippen molar-refractivity contribution in [3.63, 3.8) is 0 Å². The average Bonchev–Trinajstić information content (AvgIpc) is 2.42. The lowest BCUT2D eigenvalue weighted by Gasteiger charge is -2.27. The number of halogens is 1. The molecule has 2 aromatic rings. The lowest BCUT2D eigenvalue weighted by Crippen LogP contribution is -2.28. The molecule has 2 aromatic carbocycles. The van der Waals surface area contributed by atoms with Gasteiger partial charge in [0, 0.05) is 24.6 Å². The summed E-state index contributed by atoms with van der Waals surface area (Å²) in [7, 11) is 0. The van der Waals surface area contributed by atoms with Crippen molar-refractivity contribution in [2.45, 2.75) is 12.5 Å². The van der Waals surface area contributed by atoms with E-state index in [1.54, 1.807) is 18.2 Å². The molecule has 1 aliphatic rings. The largest absolute Gasteiger partial charge is 0.508 e. The molecule has 0 aliphatic carbocycles. The molecule has 0 spiro atoms. The predicted molar refractivity (Wildman–Crippen MR) is 81.8 cm³/mol. The van der Waals surface area contributed by atoms with Crippen molar-refractivity contribution in [2.75, 3.05) is 6.54 Å². The summed E-state index contributed by atoms with van der Waals surface area (Å²) in [6, 6.07) is 10.3. The molecular weight excluding hydrogens is 322 g/mol. The zero-order valence-electron chi connectivity index (χ0n) is 10.7. The highest BCUT2D eigenvalue weighted by Crippen LogP contribution is 2.36. The van der Waals surface area contributed by atoms with E-state index in [-0.39, 0.29) is 40.1 Å². The van der Waals surface area contributed by atoms with Crippen LogP contribution in [0.15, 0.2) is 36.4 Å². The predicted octanol–water partition coefficient (Wildman–Crippen LogP) is 2.62. The maximum Gasteiger partial charge on any atom is 0.157 e. The number of nitrogens with one attached hydrogen (secondary N) is 1. The number of benzene rings is 2. The van der Waals surface area contributed by atoms with Crippen LogP contribution in [0.5, 0.6) is 17.2 Å². The first-order valence-electron chi connectivity index (χ1n) is 6.20. The number of phenols is 3. The standard InChI is InChI=1S/C15H15NO3.BrH/c17-13-3-1-2-10-11(7-16-8-12(10)13)9-4-5-14(18)15(19)6-9;/h1-6,11,16-19H,7-8H2;1H. The fourth-order valence-electron chi connectivity index (χ4n) is 2.62. The van der Waals surface area contributed by atoms with E-state index in [2.05, 4.69) is 5.32 Å².